The molecule has 0 bridgehead atoms. The summed E-state index contributed by atoms with van der Waals surface area (Å²) in [6, 6.07) is 109. The normalized spacial score (nSPS) is 14.8. The van der Waals surface area contributed by atoms with E-state index in [1.54, 1.807) is 0 Å². The van der Waals surface area contributed by atoms with E-state index in [0.717, 1.165) is 36.3 Å². The second kappa shape index (κ2) is 26.0. The monoisotopic (exact) mass is 1080 g/mol. The third kappa shape index (κ3) is 12.5. The van der Waals surface area contributed by atoms with Gasteiger partial charge in [-0.05, 0) is 139 Å². The molecule has 0 N–H and O–H groups in total. The molecule has 408 valence electrons. The molecule has 0 heterocycles. The Bertz CT molecular complexity index is 3940. The third-order valence-electron chi connectivity index (χ3n) is 16.9. The lowest BCUT2D eigenvalue weighted by Crippen LogP contribution is -2.25. The number of para-hydroxylation sites is 1. The molecule has 12 rings (SSSR count). The number of anilines is 3. The zero-order chi connectivity index (χ0) is 56.9. The first-order valence-corrected chi connectivity index (χ1v) is 29.9. The predicted octanol–water partition coefficient (Wildman–Crippen LogP) is 22.6. The van der Waals surface area contributed by atoms with Gasteiger partial charge in [-0.3, -0.25) is 0 Å². The summed E-state index contributed by atoms with van der Waals surface area (Å²) in [5, 5.41) is 0. The van der Waals surface area contributed by atoms with Crippen molar-refractivity contribution >= 4 is 22.6 Å². The maximum atomic E-state index is 2.47. The second-order valence-electron chi connectivity index (χ2n) is 22.5. The van der Waals surface area contributed by atoms with Gasteiger partial charge in [-0.25, -0.2) is 0 Å². The lowest BCUT2D eigenvalue weighted by molar-refractivity contribution is 0.375. The molecule has 0 saturated heterocycles. The average Bonchev–Trinajstić information content (AvgIpc) is 3.74. The van der Waals surface area contributed by atoms with Gasteiger partial charge in [0.05, 0.1) is 0 Å². The van der Waals surface area contributed by atoms with Crippen molar-refractivity contribution in [1.82, 2.24) is 0 Å². The molecular formula is C83H71N. The molecule has 11 aromatic carbocycles. The van der Waals surface area contributed by atoms with Gasteiger partial charge < -0.3 is 4.90 Å². The van der Waals surface area contributed by atoms with E-state index in [0.29, 0.717) is 5.92 Å². The van der Waals surface area contributed by atoms with Crippen LogP contribution in [0.4, 0.5) is 17.1 Å². The summed E-state index contributed by atoms with van der Waals surface area (Å²) >= 11 is 0. The van der Waals surface area contributed by atoms with E-state index >= 15 is 0 Å². The van der Waals surface area contributed by atoms with Crippen LogP contribution in [0.3, 0.4) is 0 Å². The molecule has 0 saturated carbocycles. The Hall–Kier alpha value is -9.82. The number of hydrogen-bond donors (Lipinski definition) is 0. The minimum absolute atomic E-state index is 0.122. The molecule has 0 fully saturated rings. The van der Waals surface area contributed by atoms with Crippen LogP contribution in [0.1, 0.15) is 95.4 Å². The van der Waals surface area contributed by atoms with E-state index in [4.69, 9.17) is 0 Å². The number of hydrogen-bond acceptors (Lipinski definition) is 1. The fourth-order valence-corrected chi connectivity index (χ4v) is 12.4. The molecule has 1 aliphatic carbocycles. The van der Waals surface area contributed by atoms with E-state index in [2.05, 4.69) is 359 Å². The molecule has 3 atom stereocenters. The Morgan fingerprint density at radius 3 is 1.14 bits per heavy atom. The van der Waals surface area contributed by atoms with Gasteiger partial charge in [-0.1, -0.05) is 317 Å². The fourth-order valence-electron chi connectivity index (χ4n) is 12.4. The van der Waals surface area contributed by atoms with Crippen LogP contribution in [0.15, 0.2) is 340 Å². The van der Waals surface area contributed by atoms with Gasteiger partial charge in [0.2, 0.25) is 0 Å². The SMILES string of the molecule is CC/C=C\C=C/CC(c1ccccc1)c1ccc(-c2ccc(N(c3ccccc3)c3ccc(-c4ccc(-c5ccc(C(c6ccccc6)C6(C)C=CC(c7ccc(C(c8ccccc8)c8ccccc8)cc7)=CC6)cc5)cc4)cc3)cc2)cc1. The van der Waals surface area contributed by atoms with Crippen LogP contribution in [0.2, 0.25) is 0 Å². The Kier molecular flexibility index (Phi) is 16.9. The van der Waals surface area contributed by atoms with Crippen LogP contribution < -0.4 is 4.90 Å². The smallest absolute Gasteiger partial charge is 0.0462 e. The van der Waals surface area contributed by atoms with Crippen LogP contribution in [-0.2, 0) is 0 Å². The second-order valence-corrected chi connectivity index (χ2v) is 22.5. The van der Waals surface area contributed by atoms with Gasteiger partial charge in [0.25, 0.3) is 0 Å². The van der Waals surface area contributed by atoms with E-state index in [1.807, 2.05) is 0 Å². The lowest BCUT2D eigenvalue weighted by atomic mass is 9.66. The molecule has 0 radical (unpaired) electrons. The Labute approximate surface area is 498 Å². The van der Waals surface area contributed by atoms with Crippen molar-refractivity contribution in [2.24, 2.45) is 5.41 Å². The summed E-state index contributed by atoms with van der Waals surface area (Å²) in [5.74, 6) is 0.652. The predicted molar refractivity (Wildman–Crippen MR) is 357 cm³/mol. The number of rotatable bonds is 19. The molecule has 3 unspecified atom stereocenters. The molecule has 0 spiro atoms. The fraction of sp³-hybridized carbons (Fsp3) is 0.108. The van der Waals surface area contributed by atoms with Gasteiger partial charge in [0, 0.05) is 40.2 Å². The van der Waals surface area contributed by atoms with E-state index in [1.165, 1.54) is 83.5 Å². The number of benzene rings is 11. The topological polar surface area (TPSA) is 3.24 Å². The van der Waals surface area contributed by atoms with Gasteiger partial charge >= 0.3 is 0 Å². The van der Waals surface area contributed by atoms with Gasteiger partial charge in [0.15, 0.2) is 0 Å². The van der Waals surface area contributed by atoms with Crippen LogP contribution in [0.5, 0.6) is 0 Å². The molecule has 0 aliphatic heterocycles. The van der Waals surface area contributed by atoms with Gasteiger partial charge in [0.1, 0.15) is 0 Å². The first-order chi connectivity index (χ1) is 41.5. The highest BCUT2D eigenvalue weighted by Crippen LogP contribution is 2.48. The van der Waals surface area contributed by atoms with Gasteiger partial charge in [-0.2, -0.15) is 0 Å². The van der Waals surface area contributed by atoms with Crippen molar-refractivity contribution in [3.05, 3.63) is 384 Å². The van der Waals surface area contributed by atoms with Crippen LogP contribution in [0.25, 0.3) is 39.0 Å². The molecule has 0 aromatic heterocycles. The highest BCUT2D eigenvalue weighted by Gasteiger charge is 2.35. The van der Waals surface area contributed by atoms with E-state index in [-0.39, 0.29) is 17.3 Å². The number of allylic oxidation sites excluding steroid dienone is 8. The minimum atomic E-state index is -0.122. The highest BCUT2D eigenvalue weighted by molar-refractivity contribution is 5.81. The van der Waals surface area contributed by atoms with Crippen LogP contribution in [0, 0.1) is 5.41 Å². The average molecular weight is 1080 g/mol. The van der Waals surface area contributed by atoms with Crippen LogP contribution >= 0.6 is 0 Å². The summed E-state index contributed by atoms with van der Waals surface area (Å²) in [5.41, 5.74) is 22.1. The van der Waals surface area contributed by atoms with Crippen molar-refractivity contribution in [2.45, 2.75) is 50.9 Å². The molecule has 0 amide bonds. The largest absolute Gasteiger partial charge is 0.311 e. The Morgan fingerprint density at radius 1 is 0.357 bits per heavy atom. The first-order valence-electron chi connectivity index (χ1n) is 29.9. The summed E-state index contributed by atoms with van der Waals surface area (Å²) in [6.07, 6.45) is 19.0. The number of nitrogens with zero attached hydrogens (tertiary/aromatic N) is 1. The summed E-state index contributed by atoms with van der Waals surface area (Å²) in [7, 11) is 0. The summed E-state index contributed by atoms with van der Waals surface area (Å²) in [4.78, 5) is 2.34. The molecule has 84 heavy (non-hydrogen) atoms. The zero-order valence-corrected chi connectivity index (χ0v) is 48.1. The quantitative estimate of drug-likeness (QED) is 0.0576. The maximum absolute atomic E-state index is 2.47. The third-order valence-corrected chi connectivity index (χ3v) is 16.9. The van der Waals surface area contributed by atoms with E-state index in [9.17, 15) is 0 Å². The summed E-state index contributed by atoms with van der Waals surface area (Å²) in [6.45, 7) is 4.59. The molecule has 1 nitrogen and oxygen atoms in total. The van der Waals surface area contributed by atoms with Crippen molar-refractivity contribution < 1.29 is 0 Å². The summed E-state index contributed by atoms with van der Waals surface area (Å²) < 4.78 is 0. The van der Waals surface area contributed by atoms with Crippen LogP contribution in [-0.4, -0.2) is 0 Å². The highest BCUT2D eigenvalue weighted by atomic mass is 15.1. The van der Waals surface area contributed by atoms with Crippen molar-refractivity contribution in [2.75, 3.05) is 4.90 Å². The zero-order valence-electron chi connectivity index (χ0n) is 48.1. The molecular weight excluding hydrogens is 1010 g/mol. The molecule has 1 aliphatic rings. The van der Waals surface area contributed by atoms with Crippen molar-refractivity contribution in [3.8, 4) is 33.4 Å². The van der Waals surface area contributed by atoms with Crippen molar-refractivity contribution in [1.29, 1.82) is 0 Å². The standard InChI is InChI=1S/C83H71N/c1-3-4-5-6-22-33-80(70-23-12-7-13-24-70)71-44-38-64(39-45-71)68-52-56-79(57-53-68)84(77-31-20-11-21-32-77)78-54-50-67(51-55-78)63-36-34-62(35-37-63)65-42-48-76(49-43-65)82(75-29-18-10-19-30-75)83(2)60-58-69(59-61-83)66-40-46-74(47-41-66)81(72-25-14-8-15-26-72)73-27-16-9-17-28-73/h4-32,34-60,80-82H,3,33,61H2,1-2H3/b5-4-,22-6-. The Balaban J connectivity index is 0.730. The Morgan fingerprint density at radius 2 is 0.690 bits per heavy atom. The van der Waals surface area contributed by atoms with Crippen molar-refractivity contribution in [3.63, 3.8) is 0 Å². The molecule has 1 heteroatoms. The lowest BCUT2D eigenvalue weighted by Gasteiger charge is -2.38. The van der Waals surface area contributed by atoms with E-state index < -0.39 is 0 Å². The van der Waals surface area contributed by atoms with Gasteiger partial charge in [-0.15, -0.1) is 0 Å². The maximum Gasteiger partial charge on any atom is 0.0462 e. The molecule has 11 aromatic rings. The first kappa shape index (κ1) is 54.8. The minimum Gasteiger partial charge on any atom is -0.311 e.